The van der Waals surface area contributed by atoms with Gasteiger partial charge in [0.15, 0.2) is 0 Å². The summed E-state index contributed by atoms with van der Waals surface area (Å²) < 4.78 is 49.9. The van der Waals surface area contributed by atoms with Crippen molar-refractivity contribution in [1.82, 2.24) is 0 Å². The van der Waals surface area contributed by atoms with Crippen LogP contribution >= 0.6 is 0 Å². The highest BCUT2D eigenvalue weighted by atomic mass is 32.2. The van der Waals surface area contributed by atoms with Gasteiger partial charge in [-0.2, -0.15) is 13.2 Å². The molecule has 21 heavy (non-hydrogen) atoms. The van der Waals surface area contributed by atoms with Gasteiger partial charge in [-0.3, -0.25) is 4.21 Å². The molecule has 2 bridgehead atoms. The van der Waals surface area contributed by atoms with E-state index in [0.717, 1.165) is 31.4 Å². The van der Waals surface area contributed by atoms with Crippen molar-refractivity contribution in [3.8, 4) is 0 Å². The third kappa shape index (κ3) is 2.75. The van der Waals surface area contributed by atoms with Crippen LogP contribution in [0.3, 0.4) is 0 Å². The second kappa shape index (κ2) is 5.09. The fourth-order valence-electron chi connectivity index (χ4n) is 3.49. The summed E-state index contributed by atoms with van der Waals surface area (Å²) in [6, 6.07) is 4.73. The summed E-state index contributed by atoms with van der Waals surface area (Å²) in [6.07, 6.45) is -0.947. The molecule has 2 nitrogen and oxygen atoms in total. The number of hydrogen-bond acceptors (Lipinski definition) is 2. The van der Waals surface area contributed by atoms with Crippen molar-refractivity contribution >= 4 is 10.8 Å². The molecule has 0 aromatic heterocycles. The van der Waals surface area contributed by atoms with Crippen molar-refractivity contribution < 1.29 is 22.5 Å². The quantitative estimate of drug-likeness (QED) is 0.862. The molecule has 2 fully saturated rings. The number of alkyl halides is 3. The highest BCUT2D eigenvalue weighted by molar-refractivity contribution is 7.86. The van der Waals surface area contributed by atoms with Crippen molar-refractivity contribution in [2.45, 2.75) is 54.4 Å². The molecule has 2 heterocycles. The molecule has 6 heteroatoms. The number of rotatable bonds is 1. The minimum absolute atomic E-state index is 0.0372. The van der Waals surface area contributed by atoms with Crippen LogP contribution < -0.4 is 0 Å². The van der Waals surface area contributed by atoms with E-state index in [1.807, 2.05) is 0 Å². The van der Waals surface area contributed by atoms with E-state index in [1.54, 1.807) is 0 Å². The largest absolute Gasteiger partial charge is 0.416 e. The average molecular weight is 318 g/mol. The second-order valence-electron chi connectivity index (χ2n) is 6.02. The van der Waals surface area contributed by atoms with Crippen molar-refractivity contribution in [3.63, 3.8) is 0 Å². The SMILES string of the molecule is O=S1C2CCCC1CC(O)(c1ccc(C(F)(F)F)cc1)C2. The zero-order chi connectivity index (χ0) is 15.3. The van der Waals surface area contributed by atoms with E-state index in [2.05, 4.69) is 0 Å². The van der Waals surface area contributed by atoms with Gasteiger partial charge in [-0.25, -0.2) is 0 Å². The minimum Gasteiger partial charge on any atom is -0.385 e. The molecule has 1 aromatic rings. The molecule has 116 valence electrons. The van der Waals surface area contributed by atoms with E-state index in [4.69, 9.17) is 0 Å². The molecule has 0 amide bonds. The summed E-state index contributed by atoms with van der Waals surface area (Å²) in [5.41, 5.74) is -1.35. The molecule has 2 atom stereocenters. The maximum absolute atomic E-state index is 12.6. The van der Waals surface area contributed by atoms with Crippen LogP contribution in [-0.4, -0.2) is 19.8 Å². The molecule has 2 aliphatic rings. The van der Waals surface area contributed by atoms with Gasteiger partial charge in [-0.1, -0.05) is 18.6 Å². The zero-order valence-corrected chi connectivity index (χ0v) is 12.2. The molecule has 2 aliphatic heterocycles. The molecule has 2 saturated heterocycles. The van der Waals surface area contributed by atoms with Gasteiger partial charge in [0.2, 0.25) is 0 Å². The summed E-state index contributed by atoms with van der Waals surface area (Å²) in [4.78, 5) is 0. The number of halogens is 3. The lowest BCUT2D eigenvalue weighted by atomic mass is 9.80. The molecule has 1 aromatic carbocycles. The Kier molecular flexibility index (Phi) is 3.64. The Bertz CT molecular complexity index is 537. The van der Waals surface area contributed by atoms with Crippen LogP contribution in [0, 0.1) is 0 Å². The summed E-state index contributed by atoms with van der Waals surface area (Å²) in [7, 11) is -0.915. The Labute approximate surface area is 123 Å². The van der Waals surface area contributed by atoms with Crippen LogP contribution in [-0.2, 0) is 22.6 Å². The predicted molar refractivity (Wildman–Crippen MR) is 74.1 cm³/mol. The smallest absolute Gasteiger partial charge is 0.385 e. The molecule has 0 spiro atoms. The van der Waals surface area contributed by atoms with Gasteiger partial charge in [-0.15, -0.1) is 0 Å². The average Bonchev–Trinajstić information content (AvgIpc) is 2.40. The highest BCUT2D eigenvalue weighted by Gasteiger charge is 2.46. The first-order valence-corrected chi connectivity index (χ1v) is 8.37. The van der Waals surface area contributed by atoms with Crippen molar-refractivity contribution in [2.75, 3.05) is 0 Å². The molecule has 1 N–H and O–H groups in total. The molecule has 0 aliphatic carbocycles. The summed E-state index contributed by atoms with van der Waals surface area (Å²) in [5, 5.41) is 10.8. The number of hydrogen-bond donors (Lipinski definition) is 1. The first-order valence-electron chi connectivity index (χ1n) is 7.09. The van der Waals surface area contributed by atoms with Gasteiger partial charge in [0, 0.05) is 21.3 Å². The summed E-state index contributed by atoms with van der Waals surface area (Å²) in [6.45, 7) is 0. The Morgan fingerprint density at radius 2 is 1.62 bits per heavy atom. The van der Waals surface area contributed by atoms with Gasteiger partial charge in [0.1, 0.15) is 0 Å². The Hall–Kier alpha value is -0.880. The molecule has 3 rings (SSSR count). The third-order valence-electron chi connectivity index (χ3n) is 4.59. The first-order chi connectivity index (χ1) is 9.79. The van der Waals surface area contributed by atoms with Crippen molar-refractivity contribution in [1.29, 1.82) is 0 Å². The van der Waals surface area contributed by atoms with E-state index in [1.165, 1.54) is 12.1 Å². The summed E-state index contributed by atoms with van der Waals surface area (Å²) in [5.74, 6) is 0. The van der Waals surface area contributed by atoms with Crippen LogP contribution in [0.15, 0.2) is 24.3 Å². The van der Waals surface area contributed by atoms with Crippen LogP contribution in [0.1, 0.15) is 43.2 Å². The molecule has 0 saturated carbocycles. The molecule has 0 radical (unpaired) electrons. The topological polar surface area (TPSA) is 37.3 Å². The lowest BCUT2D eigenvalue weighted by Gasteiger charge is -2.43. The van der Waals surface area contributed by atoms with Crippen LogP contribution in [0.25, 0.3) is 0 Å². The van der Waals surface area contributed by atoms with E-state index in [0.29, 0.717) is 18.4 Å². The van der Waals surface area contributed by atoms with Crippen molar-refractivity contribution in [2.24, 2.45) is 0 Å². The molecule has 2 unspecified atom stereocenters. The number of fused-ring (bicyclic) bond motifs is 2. The standard InChI is InChI=1S/C15H17F3O2S/c16-15(17,18)11-6-4-10(5-7-11)14(19)8-12-2-1-3-13(9-14)21(12)20/h4-7,12-13,19H,1-3,8-9H2. The van der Waals surface area contributed by atoms with Gasteiger partial charge < -0.3 is 5.11 Å². The second-order valence-corrected chi connectivity index (χ2v) is 8.01. The number of benzene rings is 1. The fourth-order valence-corrected chi connectivity index (χ4v) is 5.71. The van der Waals surface area contributed by atoms with E-state index >= 15 is 0 Å². The highest BCUT2D eigenvalue weighted by Crippen LogP contribution is 2.44. The maximum atomic E-state index is 12.6. The maximum Gasteiger partial charge on any atom is 0.416 e. The Morgan fingerprint density at radius 1 is 1.10 bits per heavy atom. The first kappa shape index (κ1) is 15.0. The lowest BCUT2D eigenvalue weighted by molar-refractivity contribution is -0.137. The Morgan fingerprint density at radius 3 is 2.10 bits per heavy atom. The van der Waals surface area contributed by atoms with E-state index < -0.39 is 28.1 Å². The molecular weight excluding hydrogens is 301 g/mol. The molecular formula is C15H17F3O2S. The fraction of sp³-hybridized carbons (Fsp3) is 0.600. The summed E-state index contributed by atoms with van der Waals surface area (Å²) >= 11 is 0. The van der Waals surface area contributed by atoms with Gasteiger partial charge in [0.05, 0.1) is 11.2 Å². The zero-order valence-electron chi connectivity index (χ0n) is 11.4. The van der Waals surface area contributed by atoms with Gasteiger partial charge in [0.25, 0.3) is 0 Å². The minimum atomic E-state index is -4.37. The Balaban J connectivity index is 1.87. The number of aliphatic hydroxyl groups is 1. The van der Waals surface area contributed by atoms with E-state index in [9.17, 15) is 22.5 Å². The third-order valence-corrected chi connectivity index (χ3v) is 6.71. The normalized spacial score (nSPS) is 36.5. The van der Waals surface area contributed by atoms with Crippen LogP contribution in [0.4, 0.5) is 13.2 Å². The van der Waals surface area contributed by atoms with Crippen molar-refractivity contribution in [3.05, 3.63) is 35.4 Å². The van der Waals surface area contributed by atoms with Crippen LogP contribution in [0.5, 0.6) is 0 Å². The monoisotopic (exact) mass is 318 g/mol. The van der Waals surface area contributed by atoms with Gasteiger partial charge in [-0.05, 0) is 43.4 Å². The lowest BCUT2D eigenvalue weighted by Crippen LogP contribution is -2.47. The van der Waals surface area contributed by atoms with E-state index in [-0.39, 0.29) is 10.5 Å². The van der Waals surface area contributed by atoms with Crippen LogP contribution in [0.2, 0.25) is 0 Å². The predicted octanol–water partition coefficient (Wildman–Crippen LogP) is 3.36. The van der Waals surface area contributed by atoms with Gasteiger partial charge >= 0.3 is 6.18 Å².